The molecule has 2 amide bonds. The van der Waals surface area contributed by atoms with Gasteiger partial charge in [-0.2, -0.15) is 0 Å². The molecule has 1 saturated heterocycles. The molecular weight excluding hydrogens is 290 g/mol. The molecule has 0 aliphatic carbocycles. The second-order valence-corrected chi connectivity index (χ2v) is 5.76. The number of piperidine rings is 1. The standard InChI is InChI=1S/C17H21N5O/c18-17(23)20-14-7-10-22(11-8-14)16-6-9-19-15(21-16)12-13-4-2-1-3-5-13/h1-6,9,14H,7-8,10-12H2,(H3,18,20,23). The minimum Gasteiger partial charge on any atom is -0.356 e. The van der Waals surface area contributed by atoms with E-state index >= 15 is 0 Å². The molecule has 6 nitrogen and oxygen atoms in total. The fraction of sp³-hybridized carbons (Fsp3) is 0.353. The van der Waals surface area contributed by atoms with E-state index in [9.17, 15) is 4.79 Å². The molecule has 1 aliphatic rings. The molecule has 6 heteroatoms. The van der Waals surface area contributed by atoms with E-state index in [1.807, 2.05) is 30.5 Å². The van der Waals surface area contributed by atoms with Gasteiger partial charge < -0.3 is 16.0 Å². The van der Waals surface area contributed by atoms with Crippen molar-refractivity contribution < 1.29 is 4.79 Å². The summed E-state index contributed by atoms with van der Waals surface area (Å²) in [6.45, 7) is 1.71. The third-order valence-electron chi connectivity index (χ3n) is 4.06. The Morgan fingerprint density at radius 2 is 1.96 bits per heavy atom. The third kappa shape index (κ3) is 4.18. The van der Waals surface area contributed by atoms with Gasteiger partial charge in [0.2, 0.25) is 0 Å². The van der Waals surface area contributed by atoms with Crippen molar-refractivity contribution in [3.63, 3.8) is 0 Å². The van der Waals surface area contributed by atoms with E-state index in [4.69, 9.17) is 5.73 Å². The van der Waals surface area contributed by atoms with E-state index < -0.39 is 6.03 Å². The summed E-state index contributed by atoms with van der Waals surface area (Å²) in [5.74, 6) is 1.77. The molecule has 0 saturated carbocycles. The number of carbonyl (C=O) groups excluding carboxylic acids is 1. The van der Waals surface area contributed by atoms with Gasteiger partial charge in [-0.15, -0.1) is 0 Å². The van der Waals surface area contributed by atoms with Gasteiger partial charge in [0.15, 0.2) is 0 Å². The largest absolute Gasteiger partial charge is 0.356 e. The minimum absolute atomic E-state index is 0.161. The van der Waals surface area contributed by atoms with Crippen LogP contribution in [0.1, 0.15) is 24.2 Å². The summed E-state index contributed by atoms with van der Waals surface area (Å²) < 4.78 is 0. The molecule has 1 aromatic heterocycles. The average molecular weight is 311 g/mol. The van der Waals surface area contributed by atoms with Crippen molar-refractivity contribution in [1.82, 2.24) is 15.3 Å². The highest BCUT2D eigenvalue weighted by atomic mass is 16.2. The Morgan fingerprint density at radius 1 is 1.22 bits per heavy atom. The maximum absolute atomic E-state index is 10.9. The monoisotopic (exact) mass is 311 g/mol. The fourth-order valence-corrected chi connectivity index (χ4v) is 2.88. The number of nitrogens with two attached hydrogens (primary N) is 1. The molecule has 3 rings (SSSR count). The van der Waals surface area contributed by atoms with Gasteiger partial charge in [0.05, 0.1) is 0 Å². The molecule has 1 aliphatic heterocycles. The maximum atomic E-state index is 10.9. The molecule has 23 heavy (non-hydrogen) atoms. The number of hydrogen-bond donors (Lipinski definition) is 2. The summed E-state index contributed by atoms with van der Waals surface area (Å²) in [4.78, 5) is 22.2. The van der Waals surface area contributed by atoms with Crippen LogP contribution < -0.4 is 16.0 Å². The van der Waals surface area contributed by atoms with E-state index in [1.165, 1.54) is 5.56 Å². The lowest BCUT2D eigenvalue weighted by Gasteiger charge is -2.32. The lowest BCUT2D eigenvalue weighted by molar-refractivity contribution is 0.242. The first-order chi connectivity index (χ1) is 11.2. The number of benzene rings is 1. The van der Waals surface area contributed by atoms with Gasteiger partial charge in [-0.1, -0.05) is 30.3 Å². The molecule has 0 unspecified atom stereocenters. The molecule has 1 aromatic carbocycles. The number of urea groups is 1. The molecule has 0 spiro atoms. The Morgan fingerprint density at radius 3 is 2.65 bits per heavy atom. The van der Waals surface area contributed by atoms with Gasteiger partial charge >= 0.3 is 6.03 Å². The molecule has 0 bridgehead atoms. The second-order valence-electron chi connectivity index (χ2n) is 5.76. The van der Waals surface area contributed by atoms with Crippen LogP contribution in [0.4, 0.5) is 10.6 Å². The highest BCUT2D eigenvalue weighted by Gasteiger charge is 2.21. The van der Waals surface area contributed by atoms with Crippen LogP contribution in [0.25, 0.3) is 0 Å². The van der Waals surface area contributed by atoms with E-state index in [0.717, 1.165) is 44.0 Å². The molecule has 0 radical (unpaired) electrons. The molecule has 1 fully saturated rings. The summed E-state index contributed by atoms with van der Waals surface area (Å²) in [5, 5.41) is 2.78. The van der Waals surface area contributed by atoms with Gasteiger partial charge in [0.1, 0.15) is 11.6 Å². The number of amides is 2. The lowest BCUT2D eigenvalue weighted by Crippen LogP contribution is -2.46. The first kappa shape index (κ1) is 15.3. The zero-order chi connectivity index (χ0) is 16.1. The fourth-order valence-electron chi connectivity index (χ4n) is 2.88. The van der Waals surface area contributed by atoms with Crippen LogP contribution in [0.5, 0.6) is 0 Å². The van der Waals surface area contributed by atoms with Gasteiger partial charge in [0.25, 0.3) is 0 Å². The summed E-state index contributed by atoms with van der Waals surface area (Å²) in [6, 6.07) is 11.9. The SMILES string of the molecule is NC(=O)NC1CCN(c2ccnc(Cc3ccccc3)n2)CC1. The molecule has 2 aromatic rings. The lowest BCUT2D eigenvalue weighted by atomic mass is 10.1. The van der Waals surface area contributed by atoms with Crippen LogP contribution in [0.3, 0.4) is 0 Å². The first-order valence-electron chi connectivity index (χ1n) is 7.87. The quantitative estimate of drug-likeness (QED) is 0.900. The van der Waals surface area contributed by atoms with E-state index in [1.54, 1.807) is 0 Å². The molecule has 2 heterocycles. The predicted octanol–water partition coefficient (Wildman–Crippen LogP) is 1.70. The van der Waals surface area contributed by atoms with Crippen molar-refractivity contribution in [1.29, 1.82) is 0 Å². The van der Waals surface area contributed by atoms with Crippen LogP contribution in [0, 0.1) is 0 Å². The van der Waals surface area contributed by atoms with Crippen LogP contribution >= 0.6 is 0 Å². The van der Waals surface area contributed by atoms with Gasteiger partial charge in [-0.05, 0) is 24.5 Å². The Bertz CT molecular complexity index is 653. The number of carbonyl (C=O) groups is 1. The average Bonchev–Trinajstić information content (AvgIpc) is 2.56. The van der Waals surface area contributed by atoms with Crippen molar-refractivity contribution in [2.24, 2.45) is 5.73 Å². The van der Waals surface area contributed by atoms with Crippen LogP contribution in [0.2, 0.25) is 0 Å². The van der Waals surface area contributed by atoms with Gasteiger partial charge in [0, 0.05) is 31.7 Å². The van der Waals surface area contributed by atoms with Crippen LogP contribution in [-0.2, 0) is 6.42 Å². The summed E-state index contributed by atoms with van der Waals surface area (Å²) in [7, 11) is 0. The zero-order valence-corrected chi connectivity index (χ0v) is 13.0. The van der Waals surface area contributed by atoms with Crippen molar-refractivity contribution in [2.45, 2.75) is 25.3 Å². The first-order valence-corrected chi connectivity index (χ1v) is 7.87. The zero-order valence-electron chi connectivity index (χ0n) is 13.0. The van der Waals surface area contributed by atoms with Crippen molar-refractivity contribution in [2.75, 3.05) is 18.0 Å². The van der Waals surface area contributed by atoms with Crippen molar-refractivity contribution in [3.8, 4) is 0 Å². The topological polar surface area (TPSA) is 84.1 Å². The van der Waals surface area contributed by atoms with Crippen molar-refractivity contribution >= 4 is 11.8 Å². The normalized spacial score (nSPS) is 15.4. The molecule has 3 N–H and O–H groups in total. The van der Waals surface area contributed by atoms with Crippen molar-refractivity contribution in [3.05, 3.63) is 54.0 Å². The smallest absolute Gasteiger partial charge is 0.312 e. The predicted molar refractivity (Wildman–Crippen MR) is 89.2 cm³/mol. The Balaban J connectivity index is 1.63. The summed E-state index contributed by atoms with van der Waals surface area (Å²) in [5.41, 5.74) is 6.38. The highest BCUT2D eigenvalue weighted by Crippen LogP contribution is 2.18. The Labute approximate surface area is 135 Å². The molecule has 0 atom stereocenters. The molecular formula is C17H21N5O. The second kappa shape index (κ2) is 7.09. The number of primary amides is 1. The summed E-state index contributed by atoms with van der Waals surface area (Å²) in [6.07, 6.45) is 4.30. The van der Waals surface area contributed by atoms with Gasteiger partial charge in [-0.3, -0.25) is 0 Å². The number of nitrogens with zero attached hydrogens (tertiary/aromatic N) is 3. The van der Waals surface area contributed by atoms with E-state index in [2.05, 4.69) is 32.3 Å². The van der Waals surface area contributed by atoms with Crippen LogP contribution in [-0.4, -0.2) is 35.1 Å². The third-order valence-corrected chi connectivity index (χ3v) is 4.06. The van der Waals surface area contributed by atoms with Crippen LogP contribution in [0.15, 0.2) is 42.6 Å². The number of hydrogen-bond acceptors (Lipinski definition) is 4. The Kier molecular flexibility index (Phi) is 4.71. The highest BCUT2D eigenvalue weighted by molar-refractivity contribution is 5.72. The van der Waals surface area contributed by atoms with Gasteiger partial charge in [-0.25, -0.2) is 14.8 Å². The van der Waals surface area contributed by atoms with E-state index in [0.29, 0.717) is 0 Å². The number of anilines is 1. The number of rotatable bonds is 4. The number of aromatic nitrogens is 2. The van der Waals surface area contributed by atoms with E-state index in [-0.39, 0.29) is 6.04 Å². The Hall–Kier alpha value is -2.63. The number of nitrogens with one attached hydrogen (secondary N) is 1. The minimum atomic E-state index is -0.448. The summed E-state index contributed by atoms with van der Waals surface area (Å²) >= 11 is 0. The molecule has 120 valence electrons. The maximum Gasteiger partial charge on any atom is 0.312 e.